The zero-order valence-corrected chi connectivity index (χ0v) is 11.6. The molecule has 0 aromatic heterocycles. The smallest absolute Gasteiger partial charge is 0.241 e. The predicted octanol–water partition coefficient (Wildman–Crippen LogP) is 1.79. The van der Waals surface area contributed by atoms with E-state index in [0.29, 0.717) is 31.3 Å². The third kappa shape index (κ3) is 4.81. The predicted molar refractivity (Wildman–Crippen MR) is 69.4 cm³/mol. The van der Waals surface area contributed by atoms with Gasteiger partial charge >= 0.3 is 0 Å². The van der Waals surface area contributed by atoms with E-state index in [-0.39, 0.29) is 10.6 Å². The van der Waals surface area contributed by atoms with E-state index in [0.717, 1.165) is 0 Å². The van der Waals surface area contributed by atoms with Crippen LogP contribution in [0, 0.1) is 0 Å². The first kappa shape index (κ1) is 15.2. The fourth-order valence-corrected chi connectivity index (χ4v) is 2.25. The topological polar surface area (TPSA) is 78.6 Å². The quantitative estimate of drug-likeness (QED) is 0.777. The number of rotatable bonds is 7. The van der Waals surface area contributed by atoms with Gasteiger partial charge in [-0.05, 0) is 25.1 Å². The van der Waals surface area contributed by atoms with Gasteiger partial charge in [0.05, 0.1) is 6.61 Å². The van der Waals surface area contributed by atoms with E-state index in [1.165, 1.54) is 12.1 Å². The highest BCUT2D eigenvalue weighted by Crippen LogP contribution is 2.26. The Kier molecular flexibility index (Phi) is 5.87. The monoisotopic (exact) mass is 293 g/mol. The summed E-state index contributed by atoms with van der Waals surface area (Å²) in [4.78, 5) is -0.105. The van der Waals surface area contributed by atoms with Crippen molar-refractivity contribution in [2.75, 3.05) is 19.8 Å². The average Bonchev–Trinajstić information content (AvgIpc) is 2.29. The molecule has 2 N–H and O–H groups in total. The highest BCUT2D eigenvalue weighted by molar-refractivity contribution is 7.89. The normalized spacial score (nSPS) is 11.5. The summed E-state index contributed by atoms with van der Waals surface area (Å²) in [6.07, 6.45) is 0.667. The Morgan fingerprint density at radius 1 is 1.33 bits per heavy atom. The average molecular weight is 294 g/mol. The molecule has 0 atom stereocenters. The fraction of sp³-hybridized carbons (Fsp3) is 0.455. The number of hydrogen-bond acceptors (Lipinski definition) is 4. The molecule has 0 heterocycles. The lowest BCUT2D eigenvalue weighted by atomic mass is 10.3. The summed E-state index contributed by atoms with van der Waals surface area (Å²) in [7, 11) is -3.84. The highest BCUT2D eigenvalue weighted by Gasteiger charge is 2.15. The Morgan fingerprint density at radius 3 is 2.67 bits per heavy atom. The zero-order valence-electron chi connectivity index (χ0n) is 10.1. The van der Waals surface area contributed by atoms with Crippen molar-refractivity contribution in [2.45, 2.75) is 18.2 Å². The van der Waals surface area contributed by atoms with Crippen LogP contribution in [0.1, 0.15) is 13.3 Å². The first-order valence-electron chi connectivity index (χ1n) is 5.48. The number of hydrogen-bond donors (Lipinski definition) is 1. The van der Waals surface area contributed by atoms with Crippen molar-refractivity contribution in [1.82, 2.24) is 0 Å². The Hall–Kier alpha value is -0.820. The third-order valence-electron chi connectivity index (χ3n) is 2.11. The van der Waals surface area contributed by atoms with Gasteiger partial charge in [0.25, 0.3) is 0 Å². The number of primary sulfonamides is 1. The molecule has 102 valence electrons. The van der Waals surface area contributed by atoms with Crippen molar-refractivity contribution in [2.24, 2.45) is 5.14 Å². The molecular formula is C11H16ClNO4S. The van der Waals surface area contributed by atoms with Crippen molar-refractivity contribution in [3.63, 3.8) is 0 Å². The van der Waals surface area contributed by atoms with Crippen molar-refractivity contribution in [3.05, 3.63) is 23.2 Å². The van der Waals surface area contributed by atoms with Gasteiger partial charge in [-0.25, -0.2) is 13.6 Å². The van der Waals surface area contributed by atoms with Crippen LogP contribution in [0.25, 0.3) is 0 Å². The second kappa shape index (κ2) is 6.94. The molecule has 0 unspecified atom stereocenters. The molecular weight excluding hydrogens is 278 g/mol. The van der Waals surface area contributed by atoms with Gasteiger partial charge in [-0.2, -0.15) is 0 Å². The number of sulfonamides is 1. The molecule has 0 saturated heterocycles. The Bertz CT molecular complexity index is 490. The van der Waals surface area contributed by atoms with E-state index in [1.54, 1.807) is 6.07 Å². The molecule has 1 aromatic rings. The lowest BCUT2D eigenvalue weighted by Crippen LogP contribution is -2.14. The van der Waals surface area contributed by atoms with Crippen LogP contribution in [0.2, 0.25) is 5.02 Å². The zero-order chi connectivity index (χ0) is 13.6. The van der Waals surface area contributed by atoms with E-state index >= 15 is 0 Å². The van der Waals surface area contributed by atoms with Gasteiger partial charge in [-0.3, -0.25) is 0 Å². The molecule has 18 heavy (non-hydrogen) atoms. The van der Waals surface area contributed by atoms with Crippen LogP contribution >= 0.6 is 11.6 Å². The van der Waals surface area contributed by atoms with Crippen LogP contribution < -0.4 is 9.88 Å². The summed E-state index contributed by atoms with van der Waals surface area (Å²) in [5.41, 5.74) is 0. The molecule has 0 saturated carbocycles. The molecule has 5 nitrogen and oxygen atoms in total. The number of ether oxygens (including phenoxy) is 2. The summed E-state index contributed by atoms with van der Waals surface area (Å²) < 4.78 is 33.2. The lowest BCUT2D eigenvalue weighted by Gasteiger charge is -2.10. The molecule has 0 fully saturated rings. The Morgan fingerprint density at radius 2 is 2.06 bits per heavy atom. The summed E-state index contributed by atoms with van der Waals surface area (Å²) in [6, 6.07) is 4.31. The largest absolute Gasteiger partial charge is 0.492 e. The molecule has 1 rings (SSSR count). The number of benzene rings is 1. The van der Waals surface area contributed by atoms with Crippen molar-refractivity contribution in [3.8, 4) is 5.75 Å². The van der Waals surface area contributed by atoms with Crippen LogP contribution in [-0.4, -0.2) is 28.2 Å². The second-order valence-corrected chi connectivity index (χ2v) is 5.50. The third-order valence-corrected chi connectivity index (χ3v) is 3.27. The van der Waals surface area contributed by atoms with E-state index in [1.807, 2.05) is 6.92 Å². The molecule has 1 aromatic carbocycles. The number of nitrogens with two attached hydrogens (primary N) is 1. The summed E-state index contributed by atoms with van der Waals surface area (Å²) >= 11 is 5.73. The van der Waals surface area contributed by atoms with E-state index in [4.69, 9.17) is 26.2 Å². The molecule has 0 spiro atoms. The van der Waals surface area contributed by atoms with Crippen LogP contribution in [0.5, 0.6) is 5.75 Å². The minimum atomic E-state index is -3.84. The van der Waals surface area contributed by atoms with E-state index in [9.17, 15) is 8.42 Å². The molecule has 0 bridgehead atoms. The lowest BCUT2D eigenvalue weighted by molar-refractivity contribution is 0.130. The first-order chi connectivity index (χ1) is 8.45. The van der Waals surface area contributed by atoms with Crippen molar-refractivity contribution in [1.29, 1.82) is 0 Å². The van der Waals surface area contributed by atoms with E-state index < -0.39 is 10.0 Å². The SMILES string of the molecule is CCOCCCOc1ccc(Cl)cc1S(N)(=O)=O. The Balaban J connectivity index is 2.71. The molecule has 0 amide bonds. The van der Waals surface area contributed by atoms with Gasteiger partial charge in [-0.15, -0.1) is 0 Å². The van der Waals surface area contributed by atoms with Crippen molar-refractivity contribution < 1.29 is 17.9 Å². The minimum Gasteiger partial charge on any atom is -0.492 e. The maximum atomic E-state index is 11.4. The Labute approximate surface area is 112 Å². The van der Waals surface area contributed by atoms with Gasteiger partial charge in [0, 0.05) is 24.7 Å². The number of halogens is 1. The molecule has 0 aliphatic heterocycles. The standard InChI is InChI=1S/C11H16ClNO4S/c1-2-16-6-3-7-17-10-5-4-9(12)8-11(10)18(13,14)15/h4-5,8H,2-3,6-7H2,1H3,(H2,13,14,15). The van der Waals surface area contributed by atoms with Crippen LogP contribution in [0.3, 0.4) is 0 Å². The highest BCUT2D eigenvalue weighted by atomic mass is 35.5. The second-order valence-electron chi connectivity index (χ2n) is 3.54. The molecule has 7 heteroatoms. The van der Waals surface area contributed by atoms with Gasteiger partial charge in [-0.1, -0.05) is 11.6 Å². The summed E-state index contributed by atoms with van der Waals surface area (Å²) in [6.45, 7) is 3.46. The summed E-state index contributed by atoms with van der Waals surface area (Å²) in [5, 5.41) is 5.38. The van der Waals surface area contributed by atoms with Gasteiger partial charge in [0.2, 0.25) is 10.0 Å². The van der Waals surface area contributed by atoms with Gasteiger partial charge in [0.15, 0.2) is 0 Å². The first-order valence-corrected chi connectivity index (χ1v) is 7.40. The minimum absolute atomic E-state index is 0.105. The molecule has 0 radical (unpaired) electrons. The van der Waals surface area contributed by atoms with Crippen LogP contribution in [0.15, 0.2) is 23.1 Å². The van der Waals surface area contributed by atoms with Crippen molar-refractivity contribution >= 4 is 21.6 Å². The van der Waals surface area contributed by atoms with Crippen LogP contribution in [-0.2, 0) is 14.8 Å². The molecule has 0 aliphatic carbocycles. The summed E-state index contributed by atoms with van der Waals surface area (Å²) in [5.74, 6) is 0.207. The maximum absolute atomic E-state index is 11.4. The molecule has 0 aliphatic rings. The van der Waals surface area contributed by atoms with E-state index in [2.05, 4.69) is 0 Å². The maximum Gasteiger partial charge on any atom is 0.241 e. The van der Waals surface area contributed by atoms with Gasteiger partial charge in [0.1, 0.15) is 10.6 Å². The van der Waals surface area contributed by atoms with Crippen LogP contribution in [0.4, 0.5) is 0 Å². The van der Waals surface area contributed by atoms with Gasteiger partial charge < -0.3 is 9.47 Å². The fourth-order valence-electron chi connectivity index (χ4n) is 1.31.